The largest absolute Gasteiger partial charge is 0.442 e. The van der Waals surface area contributed by atoms with Gasteiger partial charge in [0, 0.05) is 19.1 Å². The predicted octanol–water partition coefficient (Wildman–Crippen LogP) is 0.649. The van der Waals surface area contributed by atoms with Crippen LogP contribution in [0.3, 0.4) is 0 Å². The van der Waals surface area contributed by atoms with Gasteiger partial charge < -0.3 is 19.6 Å². The number of piperidine rings is 1. The van der Waals surface area contributed by atoms with Gasteiger partial charge in [-0.15, -0.1) is 0 Å². The number of likely N-dealkylation sites (tertiary alicyclic amines) is 1. The first-order chi connectivity index (χ1) is 10.1. The van der Waals surface area contributed by atoms with Gasteiger partial charge in [0.2, 0.25) is 5.71 Å². The Hall–Kier alpha value is -2.15. The molecular formula is C14H18N4O3. The number of aromatic nitrogens is 2. The second-order valence-corrected chi connectivity index (χ2v) is 5.32. The average molecular weight is 290 g/mol. The van der Waals surface area contributed by atoms with Crippen LogP contribution in [-0.4, -0.2) is 47.0 Å². The van der Waals surface area contributed by atoms with Crippen LogP contribution >= 0.6 is 0 Å². The van der Waals surface area contributed by atoms with Gasteiger partial charge in [-0.2, -0.15) is 0 Å². The van der Waals surface area contributed by atoms with E-state index in [1.165, 1.54) is 6.33 Å². The molecule has 0 bridgehead atoms. The molecule has 1 unspecified atom stereocenters. The third-order valence-corrected chi connectivity index (χ3v) is 4.00. The number of aromatic amines is 1. The highest BCUT2D eigenvalue weighted by Crippen LogP contribution is 2.23. The van der Waals surface area contributed by atoms with Crippen LogP contribution < -0.4 is 10.9 Å². The molecule has 1 aliphatic heterocycles. The van der Waals surface area contributed by atoms with Crippen LogP contribution in [-0.2, 0) is 0 Å². The fraction of sp³-hybridized carbons (Fsp3) is 0.500. The lowest BCUT2D eigenvalue weighted by atomic mass is 10.0. The highest BCUT2D eigenvalue weighted by molar-refractivity contribution is 6.06. The first-order valence-electron chi connectivity index (χ1n) is 7.05. The Morgan fingerprint density at radius 3 is 3.14 bits per heavy atom. The Bertz CT molecular complexity index is 733. The van der Waals surface area contributed by atoms with E-state index in [-0.39, 0.29) is 28.6 Å². The zero-order valence-electron chi connectivity index (χ0n) is 12.1. The summed E-state index contributed by atoms with van der Waals surface area (Å²) in [5.74, 6) is 0.274. The number of carbonyl (C=O) groups excluding carboxylic acids is 1. The number of fused-ring (bicyclic) bond motifs is 1. The lowest BCUT2D eigenvalue weighted by molar-refractivity contribution is 0.0698. The lowest BCUT2D eigenvalue weighted by Gasteiger charge is -2.32. The molecule has 1 atom stereocenters. The molecule has 0 saturated carbocycles. The lowest BCUT2D eigenvalue weighted by Crippen LogP contribution is -2.47. The number of hydrogen-bond donors (Lipinski definition) is 2. The number of carbonyl (C=O) groups is 1. The standard InChI is InChI=1S/C14H18N4O3/c1-8-10(11-12(19)16-7-17-13(11)21-8)14(20)18-5-3-4-9(6-18)15-2/h7,9,15H,3-6H2,1-2H3,(H,16,17,19). The normalized spacial score (nSPS) is 19.1. The molecule has 0 aromatic carbocycles. The van der Waals surface area contributed by atoms with Crippen molar-refractivity contribution in [3.05, 3.63) is 28.0 Å². The topological polar surface area (TPSA) is 91.2 Å². The molecule has 1 aliphatic rings. The van der Waals surface area contributed by atoms with Crippen molar-refractivity contribution >= 4 is 17.0 Å². The van der Waals surface area contributed by atoms with Gasteiger partial charge in [0.05, 0.1) is 11.9 Å². The quantitative estimate of drug-likeness (QED) is 0.847. The third kappa shape index (κ3) is 2.33. The Balaban J connectivity index is 2.02. The number of nitrogens with zero attached hydrogens (tertiary/aromatic N) is 2. The summed E-state index contributed by atoms with van der Waals surface area (Å²) in [7, 11) is 1.89. The van der Waals surface area contributed by atoms with Crippen LogP contribution in [0.1, 0.15) is 29.0 Å². The summed E-state index contributed by atoms with van der Waals surface area (Å²) >= 11 is 0. The summed E-state index contributed by atoms with van der Waals surface area (Å²) in [4.78, 5) is 33.0. The van der Waals surface area contributed by atoms with Crippen LogP contribution in [0.15, 0.2) is 15.5 Å². The van der Waals surface area contributed by atoms with Crippen LogP contribution in [0.4, 0.5) is 0 Å². The molecule has 3 rings (SSSR count). The van der Waals surface area contributed by atoms with Crippen molar-refractivity contribution < 1.29 is 9.21 Å². The van der Waals surface area contributed by atoms with Crippen molar-refractivity contribution in [2.75, 3.05) is 20.1 Å². The van der Waals surface area contributed by atoms with E-state index in [2.05, 4.69) is 15.3 Å². The Kier molecular flexibility index (Phi) is 3.50. The molecular weight excluding hydrogens is 272 g/mol. The zero-order valence-corrected chi connectivity index (χ0v) is 12.1. The van der Waals surface area contributed by atoms with Crippen LogP contribution in [0, 0.1) is 6.92 Å². The van der Waals surface area contributed by atoms with Gasteiger partial charge in [-0.25, -0.2) is 4.98 Å². The summed E-state index contributed by atoms with van der Waals surface area (Å²) in [5, 5.41) is 3.44. The summed E-state index contributed by atoms with van der Waals surface area (Å²) in [6, 6.07) is 0.289. The zero-order chi connectivity index (χ0) is 15.0. The molecule has 2 N–H and O–H groups in total. The van der Waals surface area contributed by atoms with Gasteiger partial charge in [-0.3, -0.25) is 9.59 Å². The molecule has 7 heteroatoms. The highest BCUT2D eigenvalue weighted by Gasteiger charge is 2.29. The van der Waals surface area contributed by atoms with Crippen LogP contribution in [0.2, 0.25) is 0 Å². The van der Waals surface area contributed by atoms with E-state index in [1.807, 2.05) is 7.05 Å². The molecule has 2 aromatic rings. The van der Waals surface area contributed by atoms with Gasteiger partial charge in [0.1, 0.15) is 11.1 Å². The van der Waals surface area contributed by atoms with E-state index in [0.29, 0.717) is 24.4 Å². The number of hydrogen-bond acceptors (Lipinski definition) is 5. The van der Waals surface area contributed by atoms with E-state index in [9.17, 15) is 9.59 Å². The number of H-pyrrole nitrogens is 1. The fourth-order valence-corrected chi connectivity index (χ4v) is 2.87. The summed E-state index contributed by atoms with van der Waals surface area (Å²) in [6.07, 6.45) is 3.27. The molecule has 112 valence electrons. The third-order valence-electron chi connectivity index (χ3n) is 4.00. The van der Waals surface area contributed by atoms with Crippen LogP contribution in [0.25, 0.3) is 11.1 Å². The first-order valence-corrected chi connectivity index (χ1v) is 7.05. The number of aryl methyl sites for hydroxylation is 1. The number of furan rings is 1. The maximum absolute atomic E-state index is 12.8. The minimum atomic E-state index is -0.345. The molecule has 3 heterocycles. The van der Waals surface area contributed by atoms with Crippen LogP contribution in [0.5, 0.6) is 0 Å². The summed E-state index contributed by atoms with van der Waals surface area (Å²) in [5.41, 5.74) is 0.195. The van der Waals surface area contributed by atoms with E-state index >= 15 is 0 Å². The van der Waals surface area contributed by atoms with Gasteiger partial charge in [0.15, 0.2) is 0 Å². The monoisotopic (exact) mass is 290 g/mol. The molecule has 21 heavy (non-hydrogen) atoms. The van der Waals surface area contributed by atoms with E-state index in [4.69, 9.17) is 4.42 Å². The van der Waals surface area contributed by atoms with E-state index in [1.54, 1.807) is 11.8 Å². The van der Waals surface area contributed by atoms with Gasteiger partial charge in [-0.1, -0.05) is 0 Å². The predicted molar refractivity (Wildman–Crippen MR) is 77.4 cm³/mol. The second kappa shape index (κ2) is 5.33. The SMILES string of the molecule is CNC1CCCN(C(=O)c2c(C)oc3nc[nH]c(=O)c23)C1. The number of nitrogens with one attached hydrogen (secondary N) is 2. The Morgan fingerprint density at radius 1 is 1.57 bits per heavy atom. The number of amides is 1. The van der Waals surface area contributed by atoms with Crippen molar-refractivity contribution in [1.29, 1.82) is 0 Å². The molecule has 1 saturated heterocycles. The minimum absolute atomic E-state index is 0.162. The Labute approximate surface area is 121 Å². The maximum atomic E-state index is 12.8. The fourth-order valence-electron chi connectivity index (χ4n) is 2.87. The summed E-state index contributed by atoms with van der Waals surface area (Å²) < 4.78 is 5.45. The molecule has 1 amide bonds. The second-order valence-electron chi connectivity index (χ2n) is 5.32. The van der Waals surface area contributed by atoms with E-state index < -0.39 is 0 Å². The average Bonchev–Trinajstić information content (AvgIpc) is 2.84. The maximum Gasteiger partial charge on any atom is 0.262 e. The molecule has 2 aromatic heterocycles. The van der Waals surface area contributed by atoms with Crippen molar-refractivity contribution in [1.82, 2.24) is 20.2 Å². The van der Waals surface area contributed by atoms with Gasteiger partial charge in [0.25, 0.3) is 11.5 Å². The molecule has 0 radical (unpaired) electrons. The minimum Gasteiger partial charge on any atom is -0.442 e. The first kappa shape index (κ1) is 13.8. The highest BCUT2D eigenvalue weighted by atomic mass is 16.3. The van der Waals surface area contributed by atoms with Gasteiger partial charge >= 0.3 is 0 Å². The van der Waals surface area contributed by atoms with Gasteiger partial charge in [-0.05, 0) is 26.8 Å². The molecule has 0 aliphatic carbocycles. The smallest absolute Gasteiger partial charge is 0.262 e. The van der Waals surface area contributed by atoms with Crippen molar-refractivity contribution in [3.63, 3.8) is 0 Å². The number of likely N-dealkylation sites (N-methyl/N-ethyl adjacent to an activating group) is 1. The number of rotatable bonds is 2. The Morgan fingerprint density at radius 2 is 2.38 bits per heavy atom. The van der Waals surface area contributed by atoms with Crippen molar-refractivity contribution in [2.24, 2.45) is 0 Å². The van der Waals surface area contributed by atoms with Crippen molar-refractivity contribution in [3.8, 4) is 0 Å². The summed E-state index contributed by atoms with van der Waals surface area (Å²) in [6.45, 7) is 3.02. The molecule has 1 fully saturated rings. The van der Waals surface area contributed by atoms with Crippen molar-refractivity contribution in [2.45, 2.75) is 25.8 Å². The molecule has 7 nitrogen and oxygen atoms in total. The van der Waals surface area contributed by atoms with E-state index in [0.717, 1.165) is 12.8 Å². The molecule has 0 spiro atoms.